The molecular weight excluding hydrogens is 250 g/mol. The van der Waals surface area contributed by atoms with Gasteiger partial charge in [-0.15, -0.1) is 6.58 Å². The highest BCUT2D eigenvalue weighted by molar-refractivity contribution is 5.72. The number of allylic oxidation sites excluding steroid dienone is 1. The lowest BCUT2D eigenvalue weighted by molar-refractivity contribution is 0.412. The largest absolute Gasteiger partial charge is 0.496 e. The van der Waals surface area contributed by atoms with Crippen molar-refractivity contribution in [3.8, 4) is 17.0 Å². The second-order valence-electron chi connectivity index (χ2n) is 4.70. The summed E-state index contributed by atoms with van der Waals surface area (Å²) >= 11 is 0. The quantitative estimate of drug-likeness (QED) is 0.850. The molecule has 0 aliphatic rings. The third-order valence-corrected chi connectivity index (χ3v) is 3.38. The Kier molecular flexibility index (Phi) is 4.13. The Bertz CT molecular complexity index is 629. The van der Waals surface area contributed by atoms with Gasteiger partial charge in [-0.3, -0.25) is 0 Å². The lowest BCUT2D eigenvalue weighted by Gasteiger charge is -2.07. The predicted molar refractivity (Wildman–Crippen MR) is 82.9 cm³/mol. The SMILES string of the molecule is C=CCn1c(CC)nc(-c2ccc(OC)c(C)c2)c1N. The van der Waals surface area contributed by atoms with Crippen molar-refractivity contribution < 1.29 is 4.74 Å². The van der Waals surface area contributed by atoms with E-state index in [1.54, 1.807) is 7.11 Å². The first-order valence-electron chi connectivity index (χ1n) is 6.73. The number of aryl methyl sites for hydroxylation is 2. The average molecular weight is 271 g/mol. The Balaban J connectivity index is 2.52. The minimum Gasteiger partial charge on any atom is -0.496 e. The number of nitrogen functional groups attached to an aromatic ring is 1. The molecule has 106 valence electrons. The van der Waals surface area contributed by atoms with Crippen LogP contribution in [-0.4, -0.2) is 16.7 Å². The second-order valence-corrected chi connectivity index (χ2v) is 4.70. The number of aromatic nitrogens is 2. The Morgan fingerprint density at radius 3 is 2.75 bits per heavy atom. The first-order chi connectivity index (χ1) is 9.62. The van der Waals surface area contributed by atoms with Gasteiger partial charge in [0.15, 0.2) is 0 Å². The fourth-order valence-electron chi connectivity index (χ4n) is 2.35. The molecule has 0 aliphatic heterocycles. The van der Waals surface area contributed by atoms with Crippen LogP contribution in [0, 0.1) is 6.92 Å². The molecule has 4 heteroatoms. The summed E-state index contributed by atoms with van der Waals surface area (Å²) in [4.78, 5) is 4.66. The number of benzene rings is 1. The lowest BCUT2D eigenvalue weighted by Crippen LogP contribution is -2.05. The zero-order chi connectivity index (χ0) is 14.7. The number of anilines is 1. The molecule has 1 aromatic heterocycles. The molecule has 0 spiro atoms. The topological polar surface area (TPSA) is 53.1 Å². The Labute approximate surface area is 119 Å². The van der Waals surface area contributed by atoms with Crippen molar-refractivity contribution in [3.63, 3.8) is 0 Å². The van der Waals surface area contributed by atoms with Gasteiger partial charge in [0.2, 0.25) is 0 Å². The molecule has 1 heterocycles. The Hall–Kier alpha value is -2.23. The van der Waals surface area contributed by atoms with E-state index in [0.29, 0.717) is 12.4 Å². The minimum absolute atomic E-state index is 0.678. The van der Waals surface area contributed by atoms with Gasteiger partial charge in [0.1, 0.15) is 23.1 Å². The predicted octanol–water partition coefficient (Wildman–Crippen LogP) is 3.20. The van der Waals surface area contributed by atoms with E-state index in [-0.39, 0.29) is 0 Å². The molecule has 2 aromatic rings. The molecule has 0 radical (unpaired) electrons. The van der Waals surface area contributed by atoms with Gasteiger partial charge in [0, 0.05) is 18.5 Å². The normalized spacial score (nSPS) is 10.6. The Morgan fingerprint density at radius 2 is 2.20 bits per heavy atom. The molecule has 0 bridgehead atoms. The van der Waals surface area contributed by atoms with Crippen LogP contribution in [0.25, 0.3) is 11.3 Å². The number of rotatable bonds is 5. The fourth-order valence-corrected chi connectivity index (χ4v) is 2.35. The van der Waals surface area contributed by atoms with Gasteiger partial charge in [-0.25, -0.2) is 4.98 Å². The van der Waals surface area contributed by atoms with E-state index in [1.165, 1.54) is 0 Å². The molecule has 4 nitrogen and oxygen atoms in total. The van der Waals surface area contributed by atoms with Crippen LogP contribution in [0.1, 0.15) is 18.3 Å². The summed E-state index contributed by atoms with van der Waals surface area (Å²) in [7, 11) is 1.67. The van der Waals surface area contributed by atoms with Crippen molar-refractivity contribution in [2.45, 2.75) is 26.8 Å². The molecule has 0 fully saturated rings. The molecule has 0 aliphatic carbocycles. The van der Waals surface area contributed by atoms with Gasteiger partial charge in [-0.1, -0.05) is 13.0 Å². The molecule has 0 atom stereocenters. The van der Waals surface area contributed by atoms with Crippen LogP contribution in [0.2, 0.25) is 0 Å². The average Bonchev–Trinajstić information content (AvgIpc) is 2.76. The molecule has 1 aromatic carbocycles. The van der Waals surface area contributed by atoms with Gasteiger partial charge in [0.25, 0.3) is 0 Å². The standard InChI is InChI=1S/C16H21N3O/c1-5-9-19-14(6-2)18-15(16(19)17)12-7-8-13(20-4)11(3)10-12/h5,7-8,10H,1,6,9,17H2,2-4H3. The molecule has 0 unspecified atom stereocenters. The molecule has 0 saturated heterocycles. The highest BCUT2D eigenvalue weighted by Crippen LogP contribution is 2.30. The van der Waals surface area contributed by atoms with Gasteiger partial charge in [-0.2, -0.15) is 0 Å². The van der Waals surface area contributed by atoms with Crippen LogP contribution in [0.15, 0.2) is 30.9 Å². The first kappa shape index (κ1) is 14.2. The van der Waals surface area contributed by atoms with Crippen molar-refractivity contribution in [1.82, 2.24) is 9.55 Å². The van der Waals surface area contributed by atoms with Crippen LogP contribution < -0.4 is 10.5 Å². The zero-order valence-electron chi connectivity index (χ0n) is 12.3. The number of hydrogen-bond acceptors (Lipinski definition) is 3. The van der Waals surface area contributed by atoms with Crippen molar-refractivity contribution in [2.75, 3.05) is 12.8 Å². The van der Waals surface area contributed by atoms with E-state index >= 15 is 0 Å². The maximum absolute atomic E-state index is 6.24. The maximum Gasteiger partial charge on any atom is 0.132 e. The van der Waals surface area contributed by atoms with E-state index < -0.39 is 0 Å². The monoisotopic (exact) mass is 271 g/mol. The maximum atomic E-state index is 6.24. The zero-order valence-corrected chi connectivity index (χ0v) is 12.3. The van der Waals surface area contributed by atoms with Crippen molar-refractivity contribution in [1.29, 1.82) is 0 Å². The summed E-state index contributed by atoms with van der Waals surface area (Å²) in [6.07, 6.45) is 2.67. The summed E-state index contributed by atoms with van der Waals surface area (Å²) in [5, 5.41) is 0. The van der Waals surface area contributed by atoms with Crippen LogP contribution >= 0.6 is 0 Å². The van der Waals surface area contributed by atoms with Crippen LogP contribution in [-0.2, 0) is 13.0 Å². The second kappa shape index (κ2) is 5.82. The van der Waals surface area contributed by atoms with E-state index in [0.717, 1.165) is 34.8 Å². The van der Waals surface area contributed by atoms with E-state index in [2.05, 4.69) is 24.6 Å². The summed E-state index contributed by atoms with van der Waals surface area (Å²) in [5.74, 6) is 2.53. The van der Waals surface area contributed by atoms with Crippen molar-refractivity contribution >= 4 is 5.82 Å². The number of nitrogens with zero attached hydrogens (tertiary/aromatic N) is 2. The molecule has 2 rings (SSSR count). The smallest absolute Gasteiger partial charge is 0.132 e. The van der Waals surface area contributed by atoms with Gasteiger partial charge < -0.3 is 15.0 Å². The highest BCUT2D eigenvalue weighted by Gasteiger charge is 2.15. The van der Waals surface area contributed by atoms with E-state index in [9.17, 15) is 0 Å². The molecule has 20 heavy (non-hydrogen) atoms. The third-order valence-electron chi connectivity index (χ3n) is 3.38. The van der Waals surface area contributed by atoms with Crippen LogP contribution in [0.4, 0.5) is 5.82 Å². The van der Waals surface area contributed by atoms with Gasteiger partial charge in [-0.05, 0) is 30.7 Å². The number of ether oxygens (including phenoxy) is 1. The van der Waals surface area contributed by atoms with Gasteiger partial charge >= 0.3 is 0 Å². The van der Waals surface area contributed by atoms with Crippen LogP contribution in [0.3, 0.4) is 0 Å². The highest BCUT2D eigenvalue weighted by atomic mass is 16.5. The Morgan fingerprint density at radius 1 is 1.45 bits per heavy atom. The lowest BCUT2D eigenvalue weighted by atomic mass is 10.1. The summed E-state index contributed by atoms with van der Waals surface area (Å²) in [5.41, 5.74) is 9.15. The van der Waals surface area contributed by atoms with Crippen molar-refractivity contribution in [3.05, 3.63) is 42.2 Å². The molecule has 2 N–H and O–H groups in total. The number of methoxy groups -OCH3 is 1. The fraction of sp³-hybridized carbons (Fsp3) is 0.312. The molecular formula is C16H21N3O. The number of hydrogen-bond donors (Lipinski definition) is 1. The summed E-state index contributed by atoms with van der Waals surface area (Å²) in [6, 6.07) is 5.99. The number of nitrogens with two attached hydrogens (primary N) is 1. The van der Waals surface area contributed by atoms with Crippen LogP contribution in [0.5, 0.6) is 5.75 Å². The minimum atomic E-state index is 0.678. The first-order valence-corrected chi connectivity index (χ1v) is 6.73. The number of imidazole rings is 1. The summed E-state index contributed by atoms with van der Waals surface area (Å²) < 4.78 is 7.29. The third kappa shape index (κ3) is 2.41. The molecule has 0 saturated carbocycles. The van der Waals surface area contributed by atoms with Crippen molar-refractivity contribution in [2.24, 2.45) is 0 Å². The van der Waals surface area contributed by atoms with E-state index in [4.69, 9.17) is 10.5 Å². The molecule has 0 amide bonds. The van der Waals surface area contributed by atoms with Gasteiger partial charge in [0.05, 0.1) is 7.11 Å². The summed E-state index contributed by atoms with van der Waals surface area (Å²) in [6.45, 7) is 8.54. The van der Waals surface area contributed by atoms with E-state index in [1.807, 2.05) is 29.7 Å².